The molecule has 0 spiro atoms. The maximum absolute atomic E-state index is 11.6. The summed E-state index contributed by atoms with van der Waals surface area (Å²) in [6.07, 6.45) is 1.95. The van der Waals surface area contributed by atoms with Gasteiger partial charge < -0.3 is 10.1 Å². The molecule has 8 heteroatoms. The number of aromatic nitrogens is 3. The third-order valence-corrected chi connectivity index (χ3v) is 6.12. The predicted molar refractivity (Wildman–Crippen MR) is 113 cm³/mol. The van der Waals surface area contributed by atoms with Crippen molar-refractivity contribution in [2.75, 3.05) is 12.4 Å². The van der Waals surface area contributed by atoms with E-state index in [0.717, 1.165) is 37.1 Å². The first kappa shape index (κ1) is 16.9. The van der Waals surface area contributed by atoms with E-state index < -0.39 is 5.97 Å². The molecule has 0 saturated carbocycles. The fraction of sp³-hybridized carbons (Fsp3) is 0.0500. The Labute approximate surface area is 168 Å². The van der Waals surface area contributed by atoms with Crippen LogP contribution >= 0.6 is 22.7 Å². The van der Waals surface area contributed by atoms with E-state index in [1.807, 2.05) is 47.2 Å². The zero-order valence-electron chi connectivity index (χ0n) is 14.7. The molecular weight excluding hydrogens is 392 g/mol. The molecule has 0 unspecified atom stereocenters. The van der Waals surface area contributed by atoms with E-state index in [2.05, 4.69) is 27.4 Å². The summed E-state index contributed by atoms with van der Waals surface area (Å²) in [4.78, 5) is 20.6. The lowest BCUT2D eigenvalue weighted by atomic mass is 10.2. The maximum Gasteiger partial charge on any atom is 0.357 e. The number of rotatable bonds is 4. The Morgan fingerprint density at radius 3 is 2.89 bits per heavy atom. The predicted octanol–water partition coefficient (Wildman–Crippen LogP) is 5.23. The van der Waals surface area contributed by atoms with Crippen molar-refractivity contribution in [2.24, 2.45) is 0 Å². The van der Waals surface area contributed by atoms with Gasteiger partial charge in [-0.15, -0.1) is 11.3 Å². The largest absolute Gasteiger partial charge is 0.464 e. The van der Waals surface area contributed by atoms with Gasteiger partial charge in [0.2, 0.25) is 0 Å². The number of benzene rings is 2. The Balaban J connectivity index is 1.46. The monoisotopic (exact) mass is 406 g/mol. The number of ether oxygens (including phenoxy) is 1. The molecule has 3 aromatic heterocycles. The van der Waals surface area contributed by atoms with Gasteiger partial charge in [-0.1, -0.05) is 23.5 Å². The normalized spacial score (nSPS) is 11.2. The highest BCUT2D eigenvalue weighted by molar-refractivity contribution is 7.22. The molecule has 0 bridgehead atoms. The van der Waals surface area contributed by atoms with E-state index in [9.17, 15) is 4.79 Å². The number of hydrogen-bond donors (Lipinski definition) is 1. The van der Waals surface area contributed by atoms with Crippen LogP contribution in [-0.2, 0) is 4.74 Å². The van der Waals surface area contributed by atoms with Crippen LogP contribution in [0.15, 0.2) is 60.1 Å². The summed E-state index contributed by atoms with van der Waals surface area (Å²) in [5.41, 5.74) is 3.30. The minimum atomic E-state index is -0.429. The summed E-state index contributed by atoms with van der Waals surface area (Å²) in [6, 6.07) is 16.2. The van der Waals surface area contributed by atoms with Gasteiger partial charge in [0.25, 0.3) is 0 Å². The first-order valence-corrected chi connectivity index (χ1v) is 10.2. The van der Waals surface area contributed by atoms with Crippen molar-refractivity contribution in [2.45, 2.75) is 0 Å². The quantitative estimate of drug-likeness (QED) is 0.414. The summed E-state index contributed by atoms with van der Waals surface area (Å²) in [5.74, 6) is -0.429. The van der Waals surface area contributed by atoms with Crippen LogP contribution < -0.4 is 5.32 Å². The SMILES string of the molecule is COC(=O)c1csc(-n2ccc3cc(Nc4nc5ccccc5s4)ccc32)n1. The number of carbonyl (C=O) groups excluding carboxylic acids is 1. The van der Waals surface area contributed by atoms with Crippen LogP contribution in [0.2, 0.25) is 0 Å². The van der Waals surface area contributed by atoms with Gasteiger partial charge in [0.1, 0.15) is 0 Å². The fourth-order valence-corrected chi connectivity index (χ4v) is 4.69. The second kappa shape index (κ2) is 6.74. The first-order valence-electron chi connectivity index (χ1n) is 8.49. The molecule has 138 valence electrons. The van der Waals surface area contributed by atoms with Crippen LogP contribution in [0.3, 0.4) is 0 Å². The Morgan fingerprint density at radius 2 is 2.04 bits per heavy atom. The number of methoxy groups -OCH3 is 1. The van der Waals surface area contributed by atoms with Crippen molar-refractivity contribution in [1.29, 1.82) is 0 Å². The van der Waals surface area contributed by atoms with Crippen LogP contribution in [0.1, 0.15) is 10.5 Å². The van der Waals surface area contributed by atoms with Crippen molar-refractivity contribution in [1.82, 2.24) is 14.5 Å². The molecule has 1 N–H and O–H groups in total. The van der Waals surface area contributed by atoms with Crippen molar-refractivity contribution in [3.63, 3.8) is 0 Å². The molecule has 0 fully saturated rings. The second-order valence-electron chi connectivity index (χ2n) is 6.08. The molecule has 0 saturated heterocycles. The third kappa shape index (κ3) is 2.92. The smallest absolute Gasteiger partial charge is 0.357 e. The average Bonchev–Trinajstić information content (AvgIpc) is 3.44. The Kier molecular flexibility index (Phi) is 4.07. The first-order chi connectivity index (χ1) is 13.7. The number of thiazole rings is 2. The highest BCUT2D eigenvalue weighted by Crippen LogP contribution is 2.30. The van der Waals surface area contributed by atoms with Gasteiger partial charge in [-0.2, -0.15) is 0 Å². The number of fused-ring (bicyclic) bond motifs is 2. The molecule has 0 radical (unpaired) electrons. The zero-order valence-corrected chi connectivity index (χ0v) is 16.4. The van der Waals surface area contributed by atoms with E-state index in [4.69, 9.17) is 4.74 Å². The molecular formula is C20H14N4O2S2. The van der Waals surface area contributed by atoms with Crippen molar-refractivity contribution < 1.29 is 9.53 Å². The lowest BCUT2D eigenvalue weighted by Crippen LogP contribution is -2.02. The second-order valence-corrected chi connectivity index (χ2v) is 7.95. The van der Waals surface area contributed by atoms with Gasteiger partial charge >= 0.3 is 5.97 Å². The van der Waals surface area contributed by atoms with E-state index in [-0.39, 0.29) is 0 Å². The Hall–Kier alpha value is -3.23. The topological polar surface area (TPSA) is 69.0 Å². The van der Waals surface area contributed by atoms with E-state index >= 15 is 0 Å². The lowest BCUT2D eigenvalue weighted by Gasteiger charge is -2.04. The number of esters is 1. The van der Waals surface area contributed by atoms with Crippen molar-refractivity contribution in [3.8, 4) is 5.13 Å². The molecule has 0 atom stereocenters. The van der Waals surface area contributed by atoms with Crippen LogP contribution in [0.5, 0.6) is 0 Å². The summed E-state index contributed by atoms with van der Waals surface area (Å²) in [5, 5.41) is 7.75. The molecule has 3 heterocycles. The molecule has 0 aliphatic rings. The maximum atomic E-state index is 11.6. The number of para-hydroxylation sites is 1. The summed E-state index contributed by atoms with van der Waals surface area (Å²) >= 11 is 3.03. The number of nitrogens with one attached hydrogen (secondary N) is 1. The number of nitrogens with zero attached hydrogens (tertiary/aromatic N) is 3. The highest BCUT2D eigenvalue weighted by atomic mass is 32.1. The van der Waals surface area contributed by atoms with E-state index in [1.165, 1.54) is 18.4 Å². The molecule has 5 rings (SSSR count). The van der Waals surface area contributed by atoms with Crippen LogP contribution in [0.25, 0.3) is 26.3 Å². The molecule has 6 nitrogen and oxygen atoms in total. The zero-order chi connectivity index (χ0) is 19.1. The summed E-state index contributed by atoms with van der Waals surface area (Å²) < 4.78 is 7.85. The lowest BCUT2D eigenvalue weighted by molar-refractivity contribution is 0.0595. The standard InChI is InChI=1S/C20H14N4O2S2/c1-26-18(25)15-11-27-20(23-15)24-9-8-12-10-13(6-7-16(12)24)21-19-22-14-4-2-3-5-17(14)28-19/h2-11H,1H3,(H,21,22). The van der Waals surface area contributed by atoms with Gasteiger partial charge in [-0.05, 0) is 36.4 Å². The average molecular weight is 406 g/mol. The van der Waals surface area contributed by atoms with Gasteiger partial charge in [0, 0.05) is 22.7 Å². The molecule has 0 aliphatic carbocycles. The minimum absolute atomic E-state index is 0.318. The van der Waals surface area contributed by atoms with E-state index in [1.54, 1.807) is 16.7 Å². The highest BCUT2D eigenvalue weighted by Gasteiger charge is 2.13. The van der Waals surface area contributed by atoms with E-state index in [0.29, 0.717) is 5.69 Å². The Morgan fingerprint density at radius 1 is 1.14 bits per heavy atom. The van der Waals surface area contributed by atoms with Crippen LogP contribution in [0, 0.1) is 0 Å². The van der Waals surface area contributed by atoms with Crippen LogP contribution in [-0.4, -0.2) is 27.6 Å². The minimum Gasteiger partial charge on any atom is -0.464 e. The molecule has 2 aromatic carbocycles. The number of carbonyl (C=O) groups is 1. The summed E-state index contributed by atoms with van der Waals surface area (Å²) in [7, 11) is 1.35. The molecule has 0 amide bonds. The van der Waals surface area contributed by atoms with Gasteiger partial charge in [-0.3, -0.25) is 4.57 Å². The number of hydrogen-bond acceptors (Lipinski definition) is 7. The number of anilines is 2. The summed E-state index contributed by atoms with van der Waals surface area (Å²) in [6.45, 7) is 0. The fourth-order valence-electron chi connectivity index (χ4n) is 3.01. The third-order valence-electron chi connectivity index (χ3n) is 4.33. The van der Waals surface area contributed by atoms with Gasteiger partial charge in [-0.25, -0.2) is 14.8 Å². The molecule has 5 aromatic rings. The molecule has 28 heavy (non-hydrogen) atoms. The molecule has 0 aliphatic heterocycles. The van der Waals surface area contributed by atoms with Crippen molar-refractivity contribution >= 4 is 60.6 Å². The van der Waals surface area contributed by atoms with Crippen LogP contribution in [0.4, 0.5) is 10.8 Å². The van der Waals surface area contributed by atoms with Gasteiger partial charge in [0.05, 0.1) is 22.8 Å². The Bertz CT molecular complexity index is 1290. The van der Waals surface area contributed by atoms with Gasteiger partial charge in [0.15, 0.2) is 16.0 Å². The van der Waals surface area contributed by atoms with Crippen molar-refractivity contribution in [3.05, 3.63) is 65.8 Å².